The van der Waals surface area contributed by atoms with E-state index in [-0.39, 0.29) is 6.61 Å². The topological polar surface area (TPSA) is 94.4 Å². The van der Waals surface area contributed by atoms with E-state index in [1.165, 1.54) is 11.8 Å². The van der Waals surface area contributed by atoms with Gasteiger partial charge in [0.2, 0.25) is 0 Å². The number of aliphatic hydroxyl groups excluding tert-OH is 1. The SMILES string of the molecule is C=C(Oc1cnc2cc(CO)oc2c1)Sc1cccnc1N. The monoisotopic (exact) mass is 315 g/mol. The van der Waals surface area contributed by atoms with E-state index >= 15 is 0 Å². The minimum Gasteiger partial charge on any atom is -0.457 e. The van der Waals surface area contributed by atoms with Gasteiger partial charge in [-0.05, 0) is 30.5 Å². The molecule has 22 heavy (non-hydrogen) atoms. The largest absolute Gasteiger partial charge is 0.457 e. The van der Waals surface area contributed by atoms with Crippen molar-refractivity contribution in [3.63, 3.8) is 0 Å². The highest BCUT2D eigenvalue weighted by Gasteiger charge is 2.09. The van der Waals surface area contributed by atoms with E-state index in [4.69, 9.17) is 20.0 Å². The predicted octanol–water partition coefficient (Wildman–Crippen LogP) is 2.94. The van der Waals surface area contributed by atoms with Gasteiger partial charge in [-0.2, -0.15) is 0 Å². The molecule has 6 nitrogen and oxygen atoms in total. The highest BCUT2D eigenvalue weighted by Crippen LogP contribution is 2.31. The lowest BCUT2D eigenvalue weighted by molar-refractivity contribution is 0.251. The van der Waals surface area contributed by atoms with Gasteiger partial charge in [-0.25, -0.2) is 9.97 Å². The molecule has 0 spiro atoms. The number of aromatic nitrogens is 2. The van der Waals surface area contributed by atoms with Crippen molar-refractivity contribution < 1.29 is 14.3 Å². The van der Waals surface area contributed by atoms with Crippen molar-refractivity contribution in [2.24, 2.45) is 0 Å². The maximum atomic E-state index is 9.06. The lowest BCUT2D eigenvalue weighted by Crippen LogP contribution is -1.94. The third kappa shape index (κ3) is 3.05. The number of ether oxygens (including phenoxy) is 1. The van der Waals surface area contributed by atoms with Gasteiger partial charge in [0.15, 0.2) is 10.7 Å². The maximum absolute atomic E-state index is 9.06. The van der Waals surface area contributed by atoms with Crippen molar-refractivity contribution >= 4 is 28.7 Å². The van der Waals surface area contributed by atoms with Crippen LogP contribution in [0.4, 0.5) is 5.82 Å². The number of hydrogen-bond acceptors (Lipinski definition) is 7. The van der Waals surface area contributed by atoms with Crippen LogP contribution in [0.25, 0.3) is 11.1 Å². The molecule has 0 saturated carbocycles. The Kier molecular flexibility index (Phi) is 3.99. The van der Waals surface area contributed by atoms with Crippen LogP contribution in [-0.2, 0) is 6.61 Å². The summed E-state index contributed by atoms with van der Waals surface area (Å²) >= 11 is 1.28. The molecule has 0 amide bonds. The molecule has 0 bridgehead atoms. The lowest BCUT2D eigenvalue weighted by Gasteiger charge is -2.08. The molecule has 3 N–H and O–H groups in total. The Bertz CT molecular complexity index is 832. The van der Waals surface area contributed by atoms with Crippen molar-refractivity contribution in [1.82, 2.24) is 9.97 Å². The van der Waals surface area contributed by atoms with Gasteiger partial charge in [-0.15, -0.1) is 0 Å². The smallest absolute Gasteiger partial charge is 0.158 e. The summed E-state index contributed by atoms with van der Waals surface area (Å²) in [4.78, 5) is 8.98. The molecule has 0 atom stereocenters. The van der Waals surface area contributed by atoms with Crippen LogP contribution in [0.1, 0.15) is 5.76 Å². The Balaban J connectivity index is 1.75. The average molecular weight is 315 g/mol. The van der Waals surface area contributed by atoms with Crippen LogP contribution in [0.3, 0.4) is 0 Å². The van der Waals surface area contributed by atoms with Gasteiger partial charge in [-0.3, -0.25) is 0 Å². The molecule has 3 rings (SSSR count). The van der Waals surface area contributed by atoms with Crippen molar-refractivity contribution in [3.05, 3.63) is 54.1 Å². The Morgan fingerprint density at radius 3 is 3.05 bits per heavy atom. The van der Waals surface area contributed by atoms with E-state index < -0.39 is 0 Å². The summed E-state index contributed by atoms with van der Waals surface area (Å²) in [7, 11) is 0. The second-order valence-corrected chi connectivity index (χ2v) is 5.49. The van der Waals surface area contributed by atoms with Gasteiger partial charge in [0.05, 0.1) is 11.1 Å². The second-order valence-electron chi connectivity index (χ2n) is 4.39. The van der Waals surface area contributed by atoms with Crippen molar-refractivity contribution in [3.8, 4) is 5.75 Å². The minimum atomic E-state index is -0.171. The quantitative estimate of drug-likeness (QED) is 0.552. The van der Waals surface area contributed by atoms with Crippen LogP contribution in [0, 0.1) is 0 Å². The minimum absolute atomic E-state index is 0.171. The zero-order chi connectivity index (χ0) is 15.5. The Labute approximate surface area is 130 Å². The van der Waals surface area contributed by atoms with Crippen LogP contribution in [0.2, 0.25) is 0 Å². The summed E-state index contributed by atoms with van der Waals surface area (Å²) in [5.41, 5.74) is 6.98. The maximum Gasteiger partial charge on any atom is 0.158 e. The molecule has 7 heteroatoms. The first-order chi connectivity index (χ1) is 10.7. The zero-order valence-corrected chi connectivity index (χ0v) is 12.3. The summed E-state index contributed by atoms with van der Waals surface area (Å²) in [5.74, 6) is 1.37. The van der Waals surface area contributed by atoms with Gasteiger partial charge in [-0.1, -0.05) is 0 Å². The summed E-state index contributed by atoms with van der Waals surface area (Å²) in [6.07, 6.45) is 3.19. The third-order valence-electron chi connectivity index (χ3n) is 2.81. The summed E-state index contributed by atoms with van der Waals surface area (Å²) < 4.78 is 11.0. The predicted molar refractivity (Wildman–Crippen MR) is 84.2 cm³/mol. The number of pyridine rings is 2. The van der Waals surface area contributed by atoms with Gasteiger partial charge >= 0.3 is 0 Å². The third-order valence-corrected chi connectivity index (χ3v) is 3.68. The number of fused-ring (bicyclic) bond motifs is 1. The normalized spacial score (nSPS) is 10.8. The number of aliphatic hydroxyl groups is 1. The van der Waals surface area contributed by atoms with E-state index in [9.17, 15) is 0 Å². The van der Waals surface area contributed by atoms with Crippen LogP contribution >= 0.6 is 11.8 Å². The fourth-order valence-electron chi connectivity index (χ4n) is 1.85. The first-order valence-electron chi connectivity index (χ1n) is 6.40. The van der Waals surface area contributed by atoms with Crippen molar-refractivity contribution in [2.75, 3.05) is 5.73 Å². The Hall–Kier alpha value is -2.51. The van der Waals surface area contributed by atoms with Crippen LogP contribution in [0.15, 0.2) is 57.6 Å². The zero-order valence-electron chi connectivity index (χ0n) is 11.5. The van der Waals surface area contributed by atoms with Crippen LogP contribution in [0.5, 0.6) is 5.75 Å². The standard InChI is InChI=1S/C15H13N3O3S/c1-9(22-14-3-2-4-17-15(14)16)20-10-6-13-12(18-7-10)5-11(8-19)21-13/h2-7,19H,1,8H2,(H2,16,17). The summed E-state index contributed by atoms with van der Waals surface area (Å²) in [5, 5.41) is 9.50. The molecule has 3 heterocycles. The molecule has 0 aromatic carbocycles. The molecule has 0 fully saturated rings. The number of hydrogen-bond donors (Lipinski definition) is 2. The van der Waals surface area contributed by atoms with E-state index in [1.54, 1.807) is 30.6 Å². The molecule has 0 saturated heterocycles. The van der Waals surface area contributed by atoms with E-state index in [2.05, 4.69) is 16.5 Å². The number of nitrogens with two attached hydrogens (primary N) is 1. The number of furan rings is 1. The number of anilines is 1. The van der Waals surface area contributed by atoms with Crippen molar-refractivity contribution in [2.45, 2.75) is 11.5 Å². The average Bonchev–Trinajstić information content (AvgIpc) is 2.92. The molecule has 0 unspecified atom stereocenters. The fourth-order valence-corrected chi connectivity index (χ4v) is 2.54. The molecule has 0 aliphatic heterocycles. The number of nitrogens with zero attached hydrogens (tertiary/aromatic N) is 2. The Morgan fingerprint density at radius 2 is 2.27 bits per heavy atom. The highest BCUT2D eigenvalue weighted by atomic mass is 32.2. The van der Waals surface area contributed by atoms with Gasteiger partial charge < -0.3 is 20.0 Å². The van der Waals surface area contributed by atoms with Crippen LogP contribution in [-0.4, -0.2) is 15.1 Å². The second kappa shape index (κ2) is 6.08. The molecule has 0 radical (unpaired) electrons. The van der Waals surface area contributed by atoms with E-state index in [1.807, 2.05) is 6.07 Å². The fraction of sp³-hybridized carbons (Fsp3) is 0.0667. The van der Waals surface area contributed by atoms with E-state index in [0.717, 1.165) is 4.90 Å². The molecule has 0 aliphatic carbocycles. The van der Waals surface area contributed by atoms with Gasteiger partial charge in [0, 0.05) is 18.3 Å². The van der Waals surface area contributed by atoms with Crippen molar-refractivity contribution in [1.29, 1.82) is 0 Å². The van der Waals surface area contributed by atoms with E-state index in [0.29, 0.717) is 33.5 Å². The Morgan fingerprint density at radius 1 is 1.41 bits per heavy atom. The molecule has 3 aromatic rings. The molecule has 0 aliphatic rings. The lowest BCUT2D eigenvalue weighted by atomic mass is 10.3. The first kappa shape index (κ1) is 14.4. The highest BCUT2D eigenvalue weighted by molar-refractivity contribution is 8.03. The molecule has 112 valence electrons. The van der Waals surface area contributed by atoms with Gasteiger partial charge in [0.1, 0.15) is 29.5 Å². The summed E-state index contributed by atoms with van der Waals surface area (Å²) in [6, 6.07) is 7.00. The van der Waals surface area contributed by atoms with Crippen LogP contribution < -0.4 is 10.5 Å². The molecule has 3 aromatic heterocycles. The number of nitrogen functional groups attached to an aromatic ring is 1. The summed E-state index contributed by atoms with van der Waals surface area (Å²) in [6.45, 7) is 3.68. The first-order valence-corrected chi connectivity index (χ1v) is 7.22. The number of rotatable bonds is 5. The molecular weight excluding hydrogens is 302 g/mol. The van der Waals surface area contributed by atoms with Gasteiger partial charge in [0.25, 0.3) is 0 Å². The molecular formula is C15H13N3O3S. The number of thioether (sulfide) groups is 1.